The SMILES string of the molecule is NNC(CCCC(CI)C(=O)O)C(=O)O. The van der Waals surface area contributed by atoms with Crippen molar-refractivity contribution in [3.05, 3.63) is 0 Å². The summed E-state index contributed by atoms with van der Waals surface area (Å²) in [7, 11) is 0. The van der Waals surface area contributed by atoms with Crippen LogP contribution in [0.2, 0.25) is 0 Å². The van der Waals surface area contributed by atoms with Crippen LogP contribution in [0.3, 0.4) is 0 Å². The van der Waals surface area contributed by atoms with Gasteiger partial charge in [0.2, 0.25) is 0 Å². The van der Waals surface area contributed by atoms with Gasteiger partial charge in [-0.25, -0.2) is 5.43 Å². The Morgan fingerprint density at radius 3 is 2.20 bits per heavy atom. The lowest BCUT2D eigenvalue weighted by atomic mass is 10.0. The third-order valence-corrected chi connectivity index (χ3v) is 3.14. The second-order valence-electron chi connectivity index (χ2n) is 3.18. The molecule has 0 saturated carbocycles. The maximum atomic E-state index is 10.6. The molecular formula is C8H15IN2O4. The molecule has 0 saturated heterocycles. The molecule has 0 aliphatic heterocycles. The summed E-state index contributed by atoms with van der Waals surface area (Å²) in [6, 6.07) is -0.798. The number of hydrogen-bond acceptors (Lipinski definition) is 4. The van der Waals surface area contributed by atoms with Gasteiger partial charge in [-0.05, 0) is 12.8 Å². The van der Waals surface area contributed by atoms with Gasteiger partial charge in [0.05, 0.1) is 5.92 Å². The van der Waals surface area contributed by atoms with Crippen LogP contribution in [-0.4, -0.2) is 32.6 Å². The standard InChI is InChI=1S/C8H15IN2O4/c9-4-5(7(12)13)2-1-3-6(11-10)8(14)15/h5-6,11H,1-4,10H2,(H,12,13)(H,14,15). The molecule has 0 aromatic rings. The first-order valence-electron chi connectivity index (χ1n) is 4.50. The van der Waals surface area contributed by atoms with Crippen molar-refractivity contribution in [2.45, 2.75) is 25.3 Å². The third-order valence-electron chi connectivity index (χ3n) is 2.08. The zero-order valence-electron chi connectivity index (χ0n) is 8.15. The van der Waals surface area contributed by atoms with Gasteiger partial charge < -0.3 is 10.2 Å². The minimum atomic E-state index is -1.01. The number of carbonyl (C=O) groups is 2. The summed E-state index contributed by atoms with van der Waals surface area (Å²) in [6.45, 7) is 0. The molecule has 88 valence electrons. The molecule has 0 rings (SSSR count). The second kappa shape index (κ2) is 7.83. The molecule has 0 spiro atoms. The summed E-state index contributed by atoms with van der Waals surface area (Å²) in [5.74, 6) is 2.78. The smallest absolute Gasteiger partial charge is 0.322 e. The van der Waals surface area contributed by atoms with Gasteiger partial charge in [-0.2, -0.15) is 0 Å². The Morgan fingerprint density at radius 1 is 1.27 bits per heavy atom. The summed E-state index contributed by atoms with van der Waals surface area (Å²) in [6.07, 6.45) is 1.34. The summed E-state index contributed by atoms with van der Waals surface area (Å²) >= 11 is 2.01. The fraction of sp³-hybridized carbons (Fsp3) is 0.750. The number of aliphatic carboxylic acids is 2. The van der Waals surface area contributed by atoms with E-state index in [1.807, 2.05) is 22.6 Å². The Hall–Kier alpha value is -0.410. The number of hydrogen-bond donors (Lipinski definition) is 4. The topological polar surface area (TPSA) is 113 Å². The highest BCUT2D eigenvalue weighted by atomic mass is 127. The zero-order valence-corrected chi connectivity index (χ0v) is 10.3. The van der Waals surface area contributed by atoms with Crippen molar-refractivity contribution in [3.8, 4) is 0 Å². The molecule has 2 unspecified atom stereocenters. The summed E-state index contributed by atoms with van der Waals surface area (Å²) in [4.78, 5) is 21.2. The minimum Gasteiger partial charge on any atom is -0.481 e. The van der Waals surface area contributed by atoms with E-state index >= 15 is 0 Å². The van der Waals surface area contributed by atoms with Crippen molar-refractivity contribution in [2.75, 3.05) is 4.43 Å². The average molecular weight is 330 g/mol. The Kier molecular flexibility index (Phi) is 7.61. The molecule has 5 N–H and O–H groups in total. The Morgan fingerprint density at radius 2 is 1.87 bits per heavy atom. The Balaban J connectivity index is 3.85. The molecule has 0 bridgehead atoms. The van der Waals surface area contributed by atoms with Gasteiger partial charge in [0.15, 0.2) is 0 Å². The van der Waals surface area contributed by atoms with Crippen molar-refractivity contribution >= 4 is 34.5 Å². The zero-order chi connectivity index (χ0) is 11.8. The Bertz CT molecular complexity index is 203. The minimum absolute atomic E-state index is 0.340. The summed E-state index contributed by atoms with van der Waals surface area (Å²) in [5.41, 5.74) is 2.17. The van der Waals surface area contributed by atoms with E-state index in [2.05, 4.69) is 5.43 Å². The van der Waals surface area contributed by atoms with Crippen LogP contribution < -0.4 is 11.3 Å². The van der Waals surface area contributed by atoms with E-state index in [1.165, 1.54) is 0 Å². The molecule has 0 aliphatic rings. The van der Waals surface area contributed by atoms with Crippen LogP contribution >= 0.6 is 22.6 Å². The number of carboxylic acid groups (broad SMARTS) is 2. The number of hydrazine groups is 1. The quantitative estimate of drug-likeness (QED) is 0.219. The van der Waals surface area contributed by atoms with Crippen LogP contribution in [0.15, 0.2) is 0 Å². The predicted octanol–water partition coefficient (Wildman–Crippen LogP) is 0.209. The van der Waals surface area contributed by atoms with E-state index in [4.69, 9.17) is 16.1 Å². The fourth-order valence-corrected chi connectivity index (χ4v) is 1.93. The lowest BCUT2D eigenvalue weighted by molar-refractivity contribution is -0.141. The maximum Gasteiger partial charge on any atom is 0.322 e. The lowest BCUT2D eigenvalue weighted by Crippen LogP contribution is -2.41. The van der Waals surface area contributed by atoms with Crippen LogP contribution in [0.5, 0.6) is 0 Å². The van der Waals surface area contributed by atoms with Gasteiger partial charge in [0.1, 0.15) is 6.04 Å². The first-order valence-corrected chi connectivity index (χ1v) is 6.03. The average Bonchev–Trinajstić information content (AvgIpc) is 2.17. The summed E-state index contributed by atoms with van der Waals surface area (Å²) < 4.78 is 0.529. The molecule has 2 atom stereocenters. The first-order chi connectivity index (χ1) is 7.02. The van der Waals surface area contributed by atoms with Gasteiger partial charge in [0, 0.05) is 4.43 Å². The highest BCUT2D eigenvalue weighted by Gasteiger charge is 2.18. The molecule has 0 aromatic carbocycles. The molecule has 7 heteroatoms. The lowest BCUT2D eigenvalue weighted by Gasteiger charge is -2.12. The second-order valence-corrected chi connectivity index (χ2v) is 4.06. The summed E-state index contributed by atoms with van der Waals surface area (Å²) in [5, 5.41) is 17.4. The molecule has 0 fully saturated rings. The van der Waals surface area contributed by atoms with E-state index in [9.17, 15) is 9.59 Å². The van der Waals surface area contributed by atoms with Gasteiger partial charge in [0.25, 0.3) is 0 Å². The van der Waals surface area contributed by atoms with Crippen LogP contribution in [0.4, 0.5) is 0 Å². The Labute approximate surface area is 101 Å². The van der Waals surface area contributed by atoms with E-state index < -0.39 is 23.9 Å². The molecule has 6 nitrogen and oxygen atoms in total. The van der Waals surface area contributed by atoms with Crippen LogP contribution in [0, 0.1) is 5.92 Å². The van der Waals surface area contributed by atoms with Crippen molar-refractivity contribution in [2.24, 2.45) is 11.8 Å². The van der Waals surface area contributed by atoms with E-state index in [0.29, 0.717) is 23.7 Å². The van der Waals surface area contributed by atoms with Crippen molar-refractivity contribution < 1.29 is 19.8 Å². The van der Waals surface area contributed by atoms with Gasteiger partial charge in [-0.15, -0.1) is 0 Å². The van der Waals surface area contributed by atoms with Crippen LogP contribution in [0.1, 0.15) is 19.3 Å². The molecule has 0 amide bonds. The van der Waals surface area contributed by atoms with Crippen LogP contribution in [0.25, 0.3) is 0 Å². The highest BCUT2D eigenvalue weighted by Crippen LogP contribution is 2.13. The molecule has 0 heterocycles. The third kappa shape index (κ3) is 5.90. The predicted molar refractivity (Wildman–Crippen MR) is 62.6 cm³/mol. The fourth-order valence-electron chi connectivity index (χ4n) is 1.11. The normalized spacial score (nSPS) is 14.5. The largest absolute Gasteiger partial charge is 0.481 e. The molecule has 0 aromatic heterocycles. The molecule has 15 heavy (non-hydrogen) atoms. The van der Waals surface area contributed by atoms with Crippen molar-refractivity contribution in [3.63, 3.8) is 0 Å². The number of carboxylic acids is 2. The highest BCUT2D eigenvalue weighted by molar-refractivity contribution is 14.1. The van der Waals surface area contributed by atoms with Crippen molar-refractivity contribution in [1.29, 1.82) is 0 Å². The maximum absolute atomic E-state index is 10.6. The van der Waals surface area contributed by atoms with E-state index in [0.717, 1.165) is 0 Å². The van der Waals surface area contributed by atoms with E-state index in [-0.39, 0.29) is 0 Å². The monoisotopic (exact) mass is 330 g/mol. The van der Waals surface area contributed by atoms with Gasteiger partial charge in [-0.3, -0.25) is 15.4 Å². The number of nitrogens with one attached hydrogen (secondary N) is 1. The number of rotatable bonds is 8. The van der Waals surface area contributed by atoms with Crippen molar-refractivity contribution in [1.82, 2.24) is 5.43 Å². The number of alkyl halides is 1. The van der Waals surface area contributed by atoms with Gasteiger partial charge >= 0.3 is 11.9 Å². The van der Waals surface area contributed by atoms with E-state index in [1.54, 1.807) is 0 Å². The number of halogens is 1. The number of nitrogens with two attached hydrogens (primary N) is 1. The first kappa shape index (κ1) is 14.6. The van der Waals surface area contributed by atoms with Gasteiger partial charge in [-0.1, -0.05) is 29.0 Å². The molecule has 0 aliphatic carbocycles. The molecular weight excluding hydrogens is 315 g/mol. The van der Waals surface area contributed by atoms with Crippen LogP contribution in [-0.2, 0) is 9.59 Å². The molecule has 0 radical (unpaired) electrons.